The van der Waals surface area contributed by atoms with Crippen LogP contribution in [0.25, 0.3) is 0 Å². The first kappa shape index (κ1) is 18.0. The van der Waals surface area contributed by atoms with E-state index in [0.717, 1.165) is 0 Å². The van der Waals surface area contributed by atoms with Crippen molar-refractivity contribution in [3.05, 3.63) is 0 Å². The first-order valence-corrected chi connectivity index (χ1v) is 5.21. The third-order valence-electron chi connectivity index (χ3n) is 1.74. The van der Waals surface area contributed by atoms with E-state index in [9.17, 15) is 35.9 Å². The van der Waals surface area contributed by atoms with Crippen LogP contribution < -0.4 is 0 Å². The molecule has 0 spiro atoms. The van der Waals surface area contributed by atoms with Crippen molar-refractivity contribution in [1.29, 1.82) is 0 Å². The predicted molar refractivity (Wildman–Crippen MR) is 56.1 cm³/mol. The van der Waals surface area contributed by atoms with Crippen LogP contribution in [0, 0.1) is 23.7 Å². The molecule has 0 heterocycles. The Morgan fingerprint density at radius 2 is 1.00 bits per heavy atom. The lowest BCUT2D eigenvalue weighted by molar-refractivity contribution is -0.141. The zero-order valence-corrected chi connectivity index (χ0v) is 9.91. The fourth-order valence-corrected chi connectivity index (χ4v) is 0.837. The zero-order valence-electron chi connectivity index (χ0n) is 9.91. The first-order valence-electron chi connectivity index (χ1n) is 5.21. The normalized spacial score (nSPS) is 10.9. The predicted octanol–water partition coefficient (Wildman–Crippen LogP) is 2.82. The van der Waals surface area contributed by atoms with Gasteiger partial charge in [-0.1, -0.05) is 0 Å². The van der Waals surface area contributed by atoms with Crippen molar-refractivity contribution in [2.75, 3.05) is 0 Å². The molecule has 0 aliphatic heterocycles. The van der Waals surface area contributed by atoms with E-state index in [1.54, 1.807) is 11.8 Å². The van der Waals surface area contributed by atoms with Gasteiger partial charge >= 0.3 is 12.4 Å². The number of rotatable bonds is 4. The number of hydrogen-bond acceptors (Lipinski definition) is 2. The molecule has 110 valence electrons. The monoisotopic (exact) mass is 298 g/mol. The number of carbonyl (C=O) groups is 2. The minimum atomic E-state index is -4.48. The second-order valence-electron chi connectivity index (χ2n) is 3.58. The van der Waals surface area contributed by atoms with E-state index >= 15 is 0 Å². The molecule has 0 N–H and O–H groups in total. The number of ketones is 2. The van der Waals surface area contributed by atoms with Gasteiger partial charge in [0.25, 0.3) is 0 Å². The highest BCUT2D eigenvalue weighted by atomic mass is 19.4. The largest absolute Gasteiger partial charge is 0.389 e. The van der Waals surface area contributed by atoms with Gasteiger partial charge in [0, 0.05) is 12.8 Å². The molecule has 0 fully saturated rings. The molecule has 0 aliphatic rings. The Labute approximate surface area is 110 Å². The molecule has 0 bridgehead atoms. The minimum Gasteiger partial charge on any atom is -0.285 e. The van der Waals surface area contributed by atoms with Crippen LogP contribution in [0.3, 0.4) is 0 Å². The molecule has 0 aliphatic carbocycles. The Kier molecular flexibility index (Phi) is 6.84. The summed E-state index contributed by atoms with van der Waals surface area (Å²) >= 11 is 0. The van der Waals surface area contributed by atoms with E-state index in [1.165, 1.54) is 0 Å². The number of hydrogen-bond donors (Lipinski definition) is 0. The smallest absolute Gasteiger partial charge is 0.285 e. The number of carbonyl (C=O) groups excluding carboxylic acids is 2. The molecule has 0 radical (unpaired) electrons. The van der Waals surface area contributed by atoms with E-state index in [2.05, 4.69) is 0 Å². The van der Waals surface area contributed by atoms with Crippen molar-refractivity contribution < 1.29 is 35.9 Å². The number of alkyl halides is 6. The van der Waals surface area contributed by atoms with Gasteiger partial charge in [0.15, 0.2) is 0 Å². The van der Waals surface area contributed by atoms with Crippen LogP contribution in [-0.2, 0) is 9.59 Å². The summed E-state index contributed by atoms with van der Waals surface area (Å²) in [5.41, 5.74) is 0. The summed E-state index contributed by atoms with van der Waals surface area (Å²) in [4.78, 5) is 21.6. The minimum absolute atomic E-state index is 0.833. The van der Waals surface area contributed by atoms with Crippen LogP contribution in [0.2, 0.25) is 0 Å². The lowest BCUT2D eigenvalue weighted by Crippen LogP contribution is -2.09. The first-order chi connectivity index (χ1) is 8.99. The molecule has 0 saturated carbocycles. The van der Waals surface area contributed by atoms with E-state index in [1.807, 2.05) is 11.8 Å². The molecule has 0 aromatic heterocycles. The molecule has 0 atom stereocenters. The summed E-state index contributed by atoms with van der Waals surface area (Å²) < 4.78 is 70.4. The highest BCUT2D eigenvalue weighted by molar-refractivity contribution is 5.98. The summed E-state index contributed by atoms with van der Waals surface area (Å²) in [6.45, 7) is 0. The Morgan fingerprint density at radius 1 is 0.700 bits per heavy atom. The van der Waals surface area contributed by atoms with Crippen molar-refractivity contribution in [2.24, 2.45) is 0 Å². The molecule has 8 heteroatoms. The van der Waals surface area contributed by atoms with Gasteiger partial charge in [0.1, 0.15) is 0 Å². The molecule has 0 aromatic rings. The summed E-state index contributed by atoms with van der Waals surface area (Å²) in [5.74, 6) is 5.10. The van der Waals surface area contributed by atoms with Crippen molar-refractivity contribution in [1.82, 2.24) is 0 Å². The summed E-state index contributed by atoms with van der Waals surface area (Å²) in [6.07, 6.45) is -13.3. The molecule has 0 rings (SSSR count). The van der Waals surface area contributed by atoms with Crippen LogP contribution in [0.15, 0.2) is 0 Å². The van der Waals surface area contributed by atoms with E-state index < -0.39 is 49.6 Å². The second-order valence-corrected chi connectivity index (χ2v) is 3.58. The highest BCUT2D eigenvalue weighted by Crippen LogP contribution is 2.21. The standard InChI is InChI=1S/C12H8F6O2/c13-11(14,15)7-5-9(19)3-1-2-4-10(20)6-8-12(16,17)18/h5-8H2. The molecular formula is C12H8F6O2. The van der Waals surface area contributed by atoms with Crippen LogP contribution in [0.5, 0.6) is 0 Å². The SMILES string of the molecule is O=C(C#CC#CC(=O)CCC(F)(F)F)CCC(F)(F)F. The molecule has 0 aromatic carbocycles. The Morgan fingerprint density at radius 3 is 1.25 bits per heavy atom. The van der Waals surface area contributed by atoms with Crippen molar-refractivity contribution >= 4 is 11.6 Å². The van der Waals surface area contributed by atoms with Gasteiger partial charge in [-0.15, -0.1) is 0 Å². The summed E-state index contributed by atoms with van der Waals surface area (Å²) in [7, 11) is 0. The summed E-state index contributed by atoms with van der Waals surface area (Å²) in [6, 6.07) is 0. The van der Waals surface area contributed by atoms with E-state index in [4.69, 9.17) is 0 Å². The quantitative estimate of drug-likeness (QED) is 0.454. The van der Waals surface area contributed by atoms with Crippen LogP contribution >= 0.6 is 0 Å². The number of halogens is 6. The van der Waals surface area contributed by atoms with E-state index in [0.29, 0.717) is 0 Å². The maximum absolute atomic E-state index is 11.7. The van der Waals surface area contributed by atoms with Crippen LogP contribution in [0.1, 0.15) is 25.7 Å². The van der Waals surface area contributed by atoms with Gasteiger partial charge < -0.3 is 0 Å². The van der Waals surface area contributed by atoms with Gasteiger partial charge in [0.05, 0.1) is 12.8 Å². The Hall–Kier alpha value is -1.96. The van der Waals surface area contributed by atoms with Gasteiger partial charge in [-0.25, -0.2) is 0 Å². The molecule has 20 heavy (non-hydrogen) atoms. The average Bonchev–Trinajstić information content (AvgIpc) is 2.27. The maximum Gasteiger partial charge on any atom is 0.389 e. The average molecular weight is 298 g/mol. The number of Topliss-reactive ketones (excluding diaryl/α,β-unsaturated/α-hetero) is 2. The second kappa shape index (κ2) is 7.59. The lowest BCUT2D eigenvalue weighted by Gasteiger charge is -2.01. The zero-order chi connectivity index (χ0) is 15.8. The highest BCUT2D eigenvalue weighted by Gasteiger charge is 2.28. The van der Waals surface area contributed by atoms with Gasteiger partial charge in [-0.05, 0) is 23.7 Å². The van der Waals surface area contributed by atoms with Crippen molar-refractivity contribution in [3.63, 3.8) is 0 Å². The Balaban J connectivity index is 4.17. The van der Waals surface area contributed by atoms with Crippen molar-refractivity contribution in [3.8, 4) is 23.7 Å². The maximum atomic E-state index is 11.7. The molecule has 0 amide bonds. The summed E-state index contributed by atoms with van der Waals surface area (Å²) in [5, 5.41) is 0. The molecule has 0 unspecified atom stereocenters. The van der Waals surface area contributed by atoms with E-state index in [-0.39, 0.29) is 0 Å². The Bertz CT molecular complexity index is 433. The fraction of sp³-hybridized carbons (Fsp3) is 0.500. The third kappa shape index (κ3) is 12.5. The molecule has 0 saturated heterocycles. The lowest BCUT2D eigenvalue weighted by atomic mass is 10.2. The van der Waals surface area contributed by atoms with Crippen LogP contribution in [0.4, 0.5) is 26.3 Å². The third-order valence-corrected chi connectivity index (χ3v) is 1.74. The fourth-order valence-electron chi connectivity index (χ4n) is 0.837. The van der Waals surface area contributed by atoms with Crippen LogP contribution in [-0.4, -0.2) is 23.9 Å². The van der Waals surface area contributed by atoms with Gasteiger partial charge in [0.2, 0.25) is 11.6 Å². The topological polar surface area (TPSA) is 34.1 Å². The van der Waals surface area contributed by atoms with Gasteiger partial charge in [-0.3, -0.25) is 9.59 Å². The van der Waals surface area contributed by atoms with Gasteiger partial charge in [-0.2, -0.15) is 26.3 Å². The molecule has 2 nitrogen and oxygen atoms in total. The van der Waals surface area contributed by atoms with Crippen molar-refractivity contribution in [2.45, 2.75) is 38.0 Å². The molecular weight excluding hydrogens is 290 g/mol.